The second kappa shape index (κ2) is 5.93. The van der Waals surface area contributed by atoms with E-state index in [9.17, 15) is 9.90 Å². The summed E-state index contributed by atoms with van der Waals surface area (Å²) in [6.07, 6.45) is 1.52. The predicted molar refractivity (Wildman–Crippen MR) is 74.5 cm³/mol. The van der Waals surface area contributed by atoms with E-state index in [4.69, 9.17) is 5.11 Å². The lowest BCUT2D eigenvalue weighted by Gasteiger charge is -2.07. The van der Waals surface area contributed by atoms with Gasteiger partial charge in [0.1, 0.15) is 16.0 Å². The molecule has 2 N–H and O–H groups in total. The first kappa shape index (κ1) is 14.6. The third kappa shape index (κ3) is 3.05. The lowest BCUT2D eigenvalue weighted by atomic mass is 10.2. The average molecular weight is 333 g/mol. The highest BCUT2D eigenvalue weighted by atomic mass is 79.9. The summed E-state index contributed by atoms with van der Waals surface area (Å²) >= 11 is 3.03. The monoisotopic (exact) mass is 331 g/mol. The van der Waals surface area contributed by atoms with Crippen LogP contribution >= 0.6 is 28.3 Å². The standard InChI is InChI=1S/C12H10BrNO3.ClH/c13-11-10(16)5-6-14(12(11)17)7-8-1-3-9(15)4-2-8;/h1-6,15-16H,7H2;1H. The number of phenolic OH excluding ortho intramolecular Hbond substituents is 1. The van der Waals surface area contributed by atoms with Gasteiger partial charge in [-0.25, -0.2) is 0 Å². The van der Waals surface area contributed by atoms with Crippen molar-refractivity contribution >= 4 is 28.3 Å². The summed E-state index contributed by atoms with van der Waals surface area (Å²) in [6, 6.07) is 8.06. The SMILES string of the molecule is Cl.O=c1c(Br)c(O)ccn1Cc1ccc(O)cc1. The molecule has 0 amide bonds. The molecule has 0 aliphatic heterocycles. The lowest BCUT2D eigenvalue weighted by Crippen LogP contribution is -2.20. The third-order valence-corrected chi connectivity index (χ3v) is 3.12. The Morgan fingerprint density at radius 1 is 1.11 bits per heavy atom. The molecule has 0 saturated carbocycles. The van der Waals surface area contributed by atoms with Crippen molar-refractivity contribution < 1.29 is 10.2 Å². The second-order valence-corrected chi connectivity index (χ2v) is 4.41. The van der Waals surface area contributed by atoms with Gasteiger partial charge in [0.25, 0.3) is 5.56 Å². The number of phenols is 1. The number of hydrogen-bond donors (Lipinski definition) is 2. The van der Waals surface area contributed by atoms with Crippen LogP contribution in [0.25, 0.3) is 0 Å². The molecule has 0 atom stereocenters. The number of nitrogens with zero attached hydrogens (tertiary/aromatic N) is 1. The predicted octanol–water partition coefficient (Wildman–Crippen LogP) is 2.49. The van der Waals surface area contributed by atoms with Gasteiger partial charge in [-0.15, -0.1) is 12.4 Å². The van der Waals surface area contributed by atoms with Gasteiger partial charge >= 0.3 is 0 Å². The molecule has 0 aliphatic carbocycles. The number of pyridine rings is 1. The zero-order chi connectivity index (χ0) is 12.4. The quantitative estimate of drug-likeness (QED) is 0.888. The van der Waals surface area contributed by atoms with E-state index in [0.29, 0.717) is 6.54 Å². The van der Waals surface area contributed by atoms with Gasteiger partial charge in [0.15, 0.2) is 0 Å². The van der Waals surface area contributed by atoms with Gasteiger partial charge in [0, 0.05) is 6.20 Å². The first-order valence-corrected chi connectivity index (χ1v) is 5.73. The van der Waals surface area contributed by atoms with Crippen molar-refractivity contribution in [3.8, 4) is 11.5 Å². The van der Waals surface area contributed by atoms with Crippen molar-refractivity contribution in [2.45, 2.75) is 6.54 Å². The van der Waals surface area contributed by atoms with Crippen molar-refractivity contribution in [1.29, 1.82) is 0 Å². The molecule has 96 valence electrons. The van der Waals surface area contributed by atoms with Crippen molar-refractivity contribution in [3.63, 3.8) is 0 Å². The molecule has 2 aromatic rings. The molecule has 4 nitrogen and oxygen atoms in total. The van der Waals surface area contributed by atoms with E-state index in [1.54, 1.807) is 24.3 Å². The van der Waals surface area contributed by atoms with E-state index >= 15 is 0 Å². The molecule has 6 heteroatoms. The van der Waals surface area contributed by atoms with E-state index in [1.807, 2.05) is 0 Å². The number of rotatable bonds is 2. The Morgan fingerprint density at radius 3 is 2.33 bits per heavy atom. The summed E-state index contributed by atoms with van der Waals surface area (Å²) in [5, 5.41) is 18.5. The number of aromatic nitrogens is 1. The second-order valence-electron chi connectivity index (χ2n) is 3.61. The maximum absolute atomic E-state index is 11.8. The Hall–Kier alpha value is -1.46. The first-order chi connectivity index (χ1) is 8.08. The van der Waals surface area contributed by atoms with Crippen LogP contribution in [0.5, 0.6) is 11.5 Å². The van der Waals surface area contributed by atoms with Crippen LogP contribution in [-0.2, 0) is 6.54 Å². The summed E-state index contributed by atoms with van der Waals surface area (Å²) in [6.45, 7) is 0.387. The fraction of sp³-hybridized carbons (Fsp3) is 0.0833. The molecule has 1 heterocycles. The normalized spacial score (nSPS) is 9.83. The lowest BCUT2D eigenvalue weighted by molar-refractivity contribution is 0.467. The van der Waals surface area contributed by atoms with Gasteiger partial charge in [0.05, 0.1) is 6.54 Å². The van der Waals surface area contributed by atoms with E-state index in [1.165, 1.54) is 16.8 Å². The molecule has 0 aliphatic rings. The summed E-state index contributed by atoms with van der Waals surface area (Å²) in [4.78, 5) is 11.8. The summed E-state index contributed by atoms with van der Waals surface area (Å²) in [7, 11) is 0. The highest BCUT2D eigenvalue weighted by Gasteiger charge is 2.06. The van der Waals surface area contributed by atoms with Crippen LogP contribution < -0.4 is 5.56 Å². The molecule has 2 rings (SSSR count). The number of benzene rings is 1. The van der Waals surface area contributed by atoms with Crippen LogP contribution in [-0.4, -0.2) is 14.8 Å². The molecule has 0 bridgehead atoms. The largest absolute Gasteiger partial charge is 0.508 e. The molecule has 0 spiro atoms. The van der Waals surface area contributed by atoms with Gasteiger partial charge in [-0.05, 0) is 39.7 Å². The molecular formula is C12H11BrClNO3. The van der Waals surface area contributed by atoms with Gasteiger partial charge in [-0.1, -0.05) is 12.1 Å². The van der Waals surface area contributed by atoms with Crippen LogP contribution in [0.4, 0.5) is 0 Å². The summed E-state index contributed by atoms with van der Waals surface area (Å²) in [5.41, 5.74) is 0.598. The van der Waals surface area contributed by atoms with Gasteiger partial charge < -0.3 is 14.8 Å². The Morgan fingerprint density at radius 2 is 1.72 bits per heavy atom. The van der Waals surface area contributed by atoms with E-state index in [2.05, 4.69) is 15.9 Å². The Bertz CT molecular complexity index is 595. The highest BCUT2D eigenvalue weighted by Crippen LogP contribution is 2.18. The average Bonchev–Trinajstić information content (AvgIpc) is 2.33. The number of aromatic hydroxyl groups is 2. The Balaban J connectivity index is 0.00000162. The minimum absolute atomic E-state index is 0. The van der Waals surface area contributed by atoms with Crippen LogP contribution in [0.15, 0.2) is 45.8 Å². The maximum Gasteiger partial charge on any atom is 0.268 e. The fourth-order valence-electron chi connectivity index (χ4n) is 1.46. The molecule has 1 aromatic heterocycles. The van der Waals surface area contributed by atoms with E-state index in [0.717, 1.165) is 5.56 Å². The van der Waals surface area contributed by atoms with Gasteiger partial charge in [0.2, 0.25) is 0 Å². The maximum atomic E-state index is 11.8. The van der Waals surface area contributed by atoms with Gasteiger partial charge in [-0.3, -0.25) is 4.79 Å². The Labute approximate surface area is 118 Å². The topological polar surface area (TPSA) is 62.5 Å². The van der Waals surface area contributed by atoms with Crippen LogP contribution in [0.2, 0.25) is 0 Å². The van der Waals surface area contributed by atoms with Crippen molar-refractivity contribution in [2.24, 2.45) is 0 Å². The Kier molecular flexibility index (Phi) is 4.81. The van der Waals surface area contributed by atoms with Crippen molar-refractivity contribution in [3.05, 3.63) is 56.9 Å². The molecular weight excluding hydrogens is 321 g/mol. The minimum atomic E-state index is -0.293. The zero-order valence-corrected chi connectivity index (χ0v) is 11.6. The fourth-order valence-corrected chi connectivity index (χ4v) is 1.82. The summed E-state index contributed by atoms with van der Waals surface area (Å²) < 4.78 is 1.62. The van der Waals surface area contributed by atoms with Crippen molar-refractivity contribution in [2.75, 3.05) is 0 Å². The zero-order valence-electron chi connectivity index (χ0n) is 9.21. The highest BCUT2D eigenvalue weighted by molar-refractivity contribution is 9.10. The van der Waals surface area contributed by atoms with Crippen molar-refractivity contribution in [1.82, 2.24) is 4.57 Å². The number of halogens is 2. The molecule has 0 fully saturated rings. The van der Waals surface area contributed by atoms with Crippen LogP contribution in [0, 0.1) is 0 Å². The van der Waals surface area contributed by atoms with Crippen LogP contribution in [0.1, 0.15) is 5.56 Å². The third-order valence-electron chi connectivity index (χ3n) is 2.38. The minimum Gasteiger partial charge on any atom is -0.508 e. The summed E-state index contributed by atoms with van der Waals surface area (Å²) in [5.74, 6) is 0.116. The molecule has 0 unspecified atom stereocenters. The van der Waals surface area contributed by atoms with Gasteiger partial charge in [-0.2, -0.15) is 0 Å². The molecule has 0 radical (unpaired) electrons. The molecule has 1 aromatic carbocycles. The molecule has 0 saturated heterocycles. The van der Waals surface area contributed by atoms with E-state index < -0.39 is 0 Å². The first-order valence-electron chi connectivity index (χ1n) is 4.94. The molecule has 18 heavy (non-hydrogen) atoms. The van der Waals surface area contributed by atoms with E-state index in [-0.39, 0.29) is 33.9 Å². The van der Waals surface area contributed by atoms with Crippen LogP contribution in [0.3, 0.4) is 0 Å². The number of hydrogen-bond acceptors (Lipinski definition) is 3. The smallest absolute Gasteiger partial charge is 0.268 e.